The summed E-state index contributed by atoms with van der Waals surface area (Å²) < 4.78 is 46.7. The van der Waals surface area contributed by atoms with Gasteiger partial charge in [-0.2, -0.15) is 0 Å². The molecule has 7 atom stereocenters. The maximum Gasteiger partial charge on any atom is 0.303 e. The summed E-state index contributed by atoms with van der Waals surface area (Å²) in [5, 5.41) is 4.84. The molecule has 3 heterocycles. The predicted molar refractivity (Wildman–Crippen MR) is 208 cm³/mol. The zero-order chi connectivity index (χ0) is 39.1. The van der Waals surface area contributed by atoms with Crippen LogP contribution >= 0.6 is 11.6 Å². The van der Waals surface area contributed by atoms with Gasteiger partial charge in [0.15, 0.2) is 0 Å². The minimum atomic E-state index is -3.85. The Bertz CT molecular complexity index is 2150. The zero-order valence-electron chi connectivity index (χ0n) is 31.8. The van der Waals surface area contributed by atoms with Crippen molar-refractivity contribution in [3.8, 4) is 11.6 Å². The fourth-order valence-corrected chi connectivity index (χ4v) is 10.7. The van der Waals surface area contributed by atoms with Crippen LogP contribution in [0.2, 0.25) is 5.02 Å². The number of nitrogens with zero attached hydrogens (tertiary/aromatic N) is 4. The number of carbonyl (C=O) groups is 3. The van der Waals surface area contributed by atoms with E-state index in [9.17, 15) is 18.6 Å². The number of anilines is 1. The first kappa shape index (κ1) is 38.9. The van der Waals surface area contributed by atoms with Crippen molar-refractivity contribution in [3.05, 3.63) is 82.0 Å². The molecule has 4 aliphatic rings. The molecule has 15 heteroatoms. The Balaban J connectivity index is 1.34. The van der Waals surface area contributed by atoms with Crippen molar-refractivity contribution >= 4 is 45.0 Å². The van der Waals surface area contributed by atoms with Gasteiger partial charge in [-0.25, -0.2) is 4.21 Å². The summed E-state index contributed by atoms with van der Waals surface area (Å²) in [5.74, 6) is -1.98. The molecule has 1 spiro atoms. The average Bonchev–Trinajstić information content (AvgIpc) is 3.45. The third kappa shape index (κ3) is 7.99. The standard InChI is InChI=1S/C40H48ClN5O8S/c1-24-21-55(50,44-38(49)31-20-45(3)42-39(31)52-5)43-37(48)27-9-13-36-33(18-27)46(19-28-8-11-30(28)35(51-4)15-14-34(24)54-25(2)47)22-40(23-53-36)16-6-7-26-17-29(41)10-12-32(26)40/h9-10,12-15,17-18,20,24,28,30,34-35H,6-8,11,16,19,21-23H2,1-5H3,(H,43,44,48,49,50)/b15-14+/t24-,28+,30-,34+,35+,40+,55?/m1/s1. The van der Waals surface area contributed by atoms with E-state index in [2.05, 4.69) is 31.2 Å². The maximum atomic E-state index is 14.9. The van der Waals surface area contributed by atoms with Gasteiger partial charge < -0.3 is 23.8 Å². The third-order valence-corrected chi connectivity index (χ3v) is 13.6. The number of esters is 1. The van der Waals surface area contributed by atoms with E-state index >= 15 is 0 Å². The van der Waals surface area contributed by atoms with Crippen LogP contribution in [0.1, 0.15) is 71.4 Å². The number of methoxy groups -OCH3 is 2. The van der Waals surface area contributed by atoms with Crippen molar-refractivity contribution in [3.63, 3.8) is 0 Å². The van der Waals surface area contributed by atoms with Crippen LogP contribution < -0.4 is 19.1 Å². The van der Waals surface area contributed by atoms with Gasteiger partial charge in [-0.3, -0.25) is 23.8 Å². The summed E-state index contributed by atoms with van der Waals surface area (Å²) in [6.45, 7) is 4.81. The van der Waals surface area contributed by atoms with Crippen molar-refractivity contribution in [2.75, 3.05) is 44.6 Å². The van der Waals surface area contributed by atoms with E-state index in [-0.39, 0.29) is 46.1 Å². The van der Waals surface area contributed by atoms with Crippen molar-refractivity contribution in [1.29, 1.82) is 0 Å². The highest BCUT2D eigenvalue weighted by Crippen LogP contribution is 2.47. The van der Waals surface area contributed by atoms with Crippen LogP contribution in [0.5, 0.6) is 11.6 Å². The lowest BCUT2D eigenvalue weighted by Gasteiger charge is -2.46. The molecule has 1 aromatic heterocycles. The number of rotatable bonds is 5. The first-order valence-electron chi connectivity index (χ1n) is 18.7. The number of hydrogen-bond acceptors (Lipinski definition) is 10. The highest BCUT2D eigenvalue weighted by molar-refractivity contribution is 7.92. The normalized spacial score (nSPS) is 29.7. The fourth-order valence-electron chi connectivity index (χ4n) is 8.65. The van der Waals surface area contributed by atoms with Crippen molar-refractivity contribution in [2.45, 2.75) is 63.6 Å². The Hall–Kier alpha value is -4.40. The molecule has 1 N–H and O–H groups in total. The average molecular weight is 794 g/mol. The van der Waals surface area contributed by atoms with Crippen LogP contribution in [-0.4, -0.2) is 83.6 Å². The van der Waals surface area contributed by atoms with Crippen LogP contribution in [-0.2, 0) is 43.1 Å². The number of aromatic nitrogens is 2. The first-order valence-corrected chi connectivity index (χ1v) is 20.7. The molecule has 13 nitrogen and oxygen atoms in total. The van der Waals surface area contributed by atoms with E-state index in [4.69, 9.17) is 30.5 Å². The molecule has 2 aromatic carbocycles. The van der Waals surface area contributed by atoms with E-state index in [0.717, 1.165) is 37.8 Å². The highest BCUT2D eigenvalue weighted by Gasteiger charge is 2.44. The van der Waals surface area contributed by atoms with Gasteiger partial charge in [-0.15, -0.1) is 9.46 Å². The Kier molecular flexibility index (Phi) is 11.0. The zero-order valence-corrected chi connectivity index (χ0v) is 33.4. The van der Waals surface area contributed by atoms with Crippen LogP contribution in [0.3, 0.4) is 0 Å². The monoisotopic (exact) mass is 793 g/mol. The number of halogens is 1. The summed E-state index contributed by atoms with van der Waals surface area (Å²) in [5.41, 5.74) is 3.08. The summed E-state index contributed by atoms with van der Waals surface area (Å²) in [7, 11) is 0.805. The number of amides is 2. The Labute approximate surface area is 327 Å². The number of nitrogens with one attached hydrogen (secondary N) is 1. The number of carbonyl (C=O) groups excluding carboxylic acids is 3. The molecule has 7 rings (SSSR count). The number of hydrogen-bond donors (Lipinski definition) is 1. The molecule has 2 bridgehead atoms. The summed E-state index contributed by atoms with van der Waals surface area (Å²) in [4.78, 5) is 42.5. The van der Waals surface area contributed by atoms with Crippen LogP contribution in [0.15, 0.2) is 59.1 Å². The maximum absolute atomic E-state index is 14.9. The van der Waals surface area contributed by atoms with E-state index in [1.54, 1.807) is 45.4 Å². The van der Waals surface area contributed by atoms with Crippen LogP contribution in [0.25, 0.3) is 0 Å². The van der Waals surface area contributed by atoms with E-state index in [1.807, 2.05) is 12.1 Å². The van der Waals surface area contributed by atoms with Crippen LogP contribution in [0.4, 0.5) is 5.69 Å². The molecular weight excluding hydrogens is 746 g/mol. The summed E-state index contributed by atoms with van der Waals surface area (Å²) >= 11 is 6.46. The molecule has 2 amide bonds. The second-order valence-corrected chi connectivity index (χ2v) is 17.7. The topological polar surface area (TPSA) is 151 Å². The largest absolute Gasteiger partial charge is 0.490 e. The van der Waals surface area contributed by atoms with Crippen molar-refractivity contribution < 1.29 is 37.5 Å². The lowest BCUT2D eigenvalue weighted by Crippen LogP contribution is -2.49. The van der Waals surface area contributed by atoms with Gasteiger partial charge in [-0.05, 0) is 91.5 Å². The summed E-state index contributed by atoms with van der Waals surface area (Å²) in [6.07, 6.45) is 8.73. The van der Waals surface area contributed by atoms with Gasteiger partial charge in [0.1, 0.15) is 27.3 Å². The minimum Gasteiger partial charge on any atom is -0.490 e. The van der Waals surface area contributed by atoms with Crippen molar-refractivity contribution in [1.82, 2.24) is 14.5 Å². The van der Waals surface area contributed by atoms with Gasteiger partial charge >= 0.3 is 5.97 Å². The Morgan fingerprint density at radius 1 is 1.11 bits per heavy atom. The van der Waals surface area contributed by atoms with Crippen molar-refractivity contribution in [2.24, 2.45) is 29.2 Å². The molecular formula is C40H48ClN5O8S. The molecule has 0 radical (unpaired) electrons. The summed E-state index contributed by atoms with van der Waals surface area (Å²) in [6, 6.07) is 11.3. The van der Waals surface area contributed by atoms with Gasteiger partial charge in [0.25, 0.3) is 11.8 Å². The van der Waals surface area contributed by atoms with Gasteiger partial charge in [0, 0.05) is 62.3 Å². The molecule has 55 heavy (non-hydrogen) atoms. The lowest BCUT2D eigenvalue weighted by atomic mass is 9.68. The Morgan fingerprint density at radius 3 is 2.64 bits per heavy atom. The number of ether oxygens (including phenoxy) is 4. The minimum absolute atomic E-state index is 0.0166. The number of aryl methyl sites for hydroxylation is 2. The SMILES string of the molecule is COc1nn(C)cc1C(=O)NS1(=O)=NC(=O)c2ccc3c(c2)N(C[C@@H]2CC[C@H]2[C@@H](OC)/C=C/[C@H](OC(C)=O)[C@H](C)C1)C[C@@]1(CCCc2cc(Cl)ccc21)CO3. The molecule has 1 fully saturated rings. The smallest absolute Gasteiger partial charge is 0.303 e. The third-order valence-electron chi connectivity index (χ3n) is 11.5. The second-order valence-electron chi connectivity index (χ2n) is 15.3. The van der Waals surface area contributed by atoms with Gasteiger partial charge in [0.2, 0.25) is 5.88 Å². The molecule has 1 saturated carbocycles. The molecule has 2 aliphatic heterocycles. The van der Waals surface area contributed by atoms with Gasteiger partial charge in [0.05, 0.1) is 31.3 Å². The van der Waals surface area contributed by atoms with E-state index in [1.165, 1.54) is 36.0 Å². The van der Waals surface area contributed by atoms with E-state index in [0.29, 0.717) is 30.5 Å². The quantitative estimate of drug-likeness (QED) is 0.252. The first-order chi connectivity index (χ1) is 26.3. The highest BCUT2D eigenvalue weighted by atomic mass is 35.5. The molecule has 3 aromatic rings. The predicted octanol–water partition coefficient (Wildman–Crippen LogP) is 5.69. The fraction of sp³-hybridized carbons (Fsp3) is 0.500. The van der Waals surface area contributed by atoms with Gasteiger partial charge in [-0.1, -0.05) is 30.7 Å². The molecule has 2 aliphatic carbocycles. The Morgan fingerprint density at radius 2 is 1.91 bits per heavy atom. The number of fused-ring (bicyclic) bond motifs is 4. The molecule has 294 valence electrons. The molecule has 0 saturated heterocycles. The molecule has 1 unspecified atom stereocenters. The van der Waals surface area contributed by atoms with Crippen LogP contribution in [0, 0.1) is 17.8 Å². The lowest BCUT2D eigenvalue weighted by molar-refractivity contribution is -0.145. The second kappa shape index (κ2) is 15.6. The number of benzene rings is 2. The van der Waals surface area contributed by atoms with E-state index < -0.39 is 39.7 Å².